The molecule has 20 heavy (non-hydrogen) atoms. The van der Waals surface area contributed by atoms with Crippen LogP contribution in [-0.4, -0.2) is 37.6 Å². The monoisotopic (exact) mass is 276 g/mol. The van der Waals surface area contributed by atoms with Gasteiger partial charge in [0.15, 0.2) is 0 Å². The topological polar surface area (TPSA) is 54.2 Å². The van der Waals surface area contributed by atoms with E-state index in [0.29, 0.717) is 19.5 Å². The van der Waals surface area contributed by atoms with Crippen LogP contribution in [0.25, 0.3) is 0 Å². The third-order valence-corrected chi connectivity index (χ3v) is 3.81. The molecule has 2 heterocycles. The minimum Gasteiger partial charge on any atom is -0.392 e. The van der Waals surface area contributed by atoms with E-state index in [0.717, 1.165) is 11.3 Å². The Hall–Kier alpha value is -1.79. The molecule has 1 aromatic heterocycles. The Labute approximate surface area is 116 Å². The molecule has 1 fully saturated rings. The van der Waals surface area contributed by atoms with Gasteiger partial charge in [-0.15, -0.1) is 5.10 Å². The van der Waals surface area contributed by atoms with Crippen LogP contribution in [0.1, 0.15) is 23.7 Å². The Balaban J connectivity index is 1.81. The van der Waals surface area contributed by atoms with Gasteiger partial charge in [-0.3, -0.25) is 9.58 Å². The molecule has 1 saturated heterocycles. The summed E-state index contributed by atoms with van der Waals surface area (Å²) in [6, 6.07) is 6.59. The zero-order chi connectivity index (χ0) is 14.1. The fourth-order valence-electron chi connectivity index (χ4n) is 2.75. The minimum absolute atomic E-state index is 0.0977. The SMILES string of the molecule is Cn1nncc1CN1C[C@H](O)C[C@@H]1c1ccc(F)cc1. The van der Waals surface area contributed by atoms with Crippen molar-refractivity contribution in [3.05, 3.63) is 47.5 Å². The van der Waals surface area contributed by atoms with Gasteiger partial charge in [-0.1, -0.05) is 17.3 Å². The first-order valence-electron chi connectivity index (χ1n) is 6.64. The van der Waals surface area contributed by atoms with Crippen LogP contribution in [0.2, 0.25) is 0 Å². The second kappa shape index (κ2) is 5.30. The van der Waals surface area contributed by atoms with Gasteiger partial charge in [0, 0.05) is 26.2 Å². The molecule has 0 unspecified atom stereocenters. The van der Waals surface area contributed by atoms with Crippen molar-refractivity contribution < 1.29 is 9.50 Å². The van der Waals surface area contributed by atoms with E-state index in [9.17, 15) is 9.50 Å². The summed E-state index contributed by atoms with van der Waals surface area (Å²) in [6.45, 7) is 1.27. The smallest absolute Gasteiger partial charge is 0.123 e. The summed E-state index contributed by atoms with van der Waals surface area (Å²) in [6.07, 6.45) is 2.04. The van der Waals surface area contributed by atoms with Crippen LogP contribution in [0.4, 0.5) is 4.39 Å². The first-order chi connectivity index (χ1) is 9.63. The maximum absolute atomic E-state index is 13.0. The van der Waals surface area contributed by atoms with Gasteiger partial charge < -0.3 is 5.11 Å². The van der Waals surface area contributed by atoms with Crippen LogP contribution in [0.15, 0.2) is 30.5 Å². The highest BCUT2D eigenvalue weighted by Crippen LogP contribution is 2.33. The molecule has 2 aromatic rings. The van der Waals surface area contributed by atoms with Crippen molar-refractivity contribution in [3.63, 3.8) is 0 Å². The number of hydrogen-bond donors (Lipinski definition) is 1. The third kappa shape index (κ3) is 2.57. The van der Waals surface area contributed by atoms with E-state index in [1.54, 1.807) is 23.0 Å². The maximum atomic E-state index is 13.0. The second-order valence-electron chi connectivity index (χ2n) is 5.24. The highest BCUT2D eigenvalue weighted by atomic mass is 19.1. The Bertz CT molecular complexity index is 583. The fraction of sp³-hybridized carbons (Fsp3) is 0.429. The van der Waals surface area contributed by atoms with E-state index in [-0.39, 0.29) is 18.0 Å². The summed E-state index contributed by atoms with van der Waals surface area (Å²) in [4.78, 5) is 2.18. The van der Waals surface area contributed by atoms with Crippen LogP contribution >= 0.6 is 0 Å². The molecule has 3 rings (SSSR count). The molecule has 1 aliphatic heterocycles. The molecule has 0 saturated carbocycles. The highest BCUT2D eigenvalue weighted by Gasteiger charge is 2.32. The molecule has 5 nitrogen and oxygen atoms in total. The quantitative estimate of drug-likeness (QED) is 0.917. The molecule has 1 aromatic carbocycles. The van der Waals surface area contributed by atoms with E-state index >= 15 is 0 Å². The zero-order valence-electron chi connectivity index (χ0n) is 11.3. The Morgan fingerprint density at radius 1 is 1.35 bits per heavy atom. The molecule has 0 aliphatic carbocycles. The van der Waals surface area contributed by atoms with Gasteiger partial charge >= 0.3 is 0 Å². The van der Waals surface area contributed by atoms with Crippen molar-refractivity contribution in [1.29, 1.82) is 0 Å². The number of benzene rings is 1. The molecule has 2 atom stereocenters. The zero-order valence-corrected chi connectivity index (χ0v) is 11.3. The van der Waals surface area contributed by atoms with Crippen molar-refractivity contribution in [3.8, 4) is 0 Å². The van der Waals surface area contributed by atoms with Crippen LogP contribution < -0.4 is 0 Å². The number of aryl methyl sites for hydroxylation is 1. The number of halogens is 1. The number of hydrogen-bond acceptors (Lipinski definition) is 4. The molecular formula is C14H17FN4O. The lowest BCUT2D eigenvalue weighted by atomic mass is 10.0. The van der Waals surface area contributed by atoms with Gasteiger partial charge in [0.25, 0.3) is 0 Å². The second-order valence-corrected chi connectivity index (χ2v) is 5.24. The van der Waals surface area contributed by atoms with Gasteiger partial charge in [0.05, 0.1) is 18.0 Å². The molecule has 0 bridgehead atoms. The number of nitrogens with zero attached hydrogens (tertiary/aromatic N) is 4. The summed E-state index contributed by atoms with van der Waals surface area (Å²) in [7, 11) is 1.85. The Kier molecular flexibility index (Phi) is 3.50. The molecule has 1 aliphatic rings. The molecule has 0 spiro atoms. The number of aliphatic hydroxyl groups is 1. The summed E-state index contributed by atoms with van der Waals surface area (Å²) < 4.78 is 14.8. The van der Waals surface area contributed by atoms with Gasteiger partial charge in [0.1, 0.15) is 5.82 Å². The lowest BCUT2D eigenvalue weighted by Crippen LogP contribution is -2.25. The predicted octanol–water partition coefficient (Wildman–Crippen LogP) is 1.26. The van der Waals surface area contributed by atoms with Gasteiger partial charge in [-0.25, -0.2) is 4.39 Å². The molecule has 0 radical (unpaired) electrons. The van der Waals surface area contributed by atoms with Crippen molar-refractivity contribution in [1.82, 2.24) is 19.9 Å². The first-order valence-corrected chi connectivity index (χ1v) is 6.64. The van der Waals surface area contributed by atoms with Crippen LogP contribution in [-0.2, 0) is 13.6 Å². The summed E-state index contributed by atoms with van der Waals surface area (Å²) >= 11 is 0. The lowest BCUT2D eigenvalue weighted by molar-refractivity contribution is 0.171. The normalized spacial score (nSPS) is 23.4. The number of aliphatic hydroxyl groups excluding tert-OH is 1. The number of rotatable bonds is 3. The lowest BCUT2D eigenvalue weighted by Gasteiger charge is -2.24. The van der Waals surface area contributed by atoms with Crippen molar-refractivity contribution >= 4 is 0 Å². The average Bonchev–Trinajstić information content (AvgIpc) is 2.98. The summed E-state index contributed by atoms with van der Waals surface area (Å²) in [5, 5.41) is 17.7. The van der Waals surface area contributed by atoms with Crippen LogP contribution in [0.5, 0.6) is 0 Å². The highest BCUT2D eigenvalue weighted by molar-refractivity contribution is 5.21. The Morgan fingerprint density at radius 3 is 2.75 bits per heavy atom. The predicted molar refractivity (Wildman–Crippen MR) is 71.2 cm³/mol. The van der Waals surface area contributed by atoms with Crippen molar-refractivity contribution in [2.24, 2.45) is 7.05 Å². The third-order valence-electron chi connectivity index (χ3n) is 3.81. The van der Waals surface area contributed by atoms with E-state index in [1.807, 2.05) is 7.05 Å². The van der Waals surface area contributed by atoms with Gasteiger partial charge in [-0.2, -0.15) is 0 Å². The number of likely N-dealkylation sites (tertiary alicyclic amines) is 1. The van der Waals surface area contributed by atoms with Gasteiger partial charge in [0.2, 0.25) is 0 Å². The maximum Gasteiger partial charge on any atom is 0.123 e. The van der Waals surface area contributed by atoms with E-state index in [1.165, 1.54) is 12.1 Å². The minimum atomic E-state index is -0.355. The summed E-state index contributed by atoms with van der Waals surface area (Å²) in [5.74, 6) is -0.241. The largest absolute Gasteiger partial charge is 0.392 e. The number of aromatic nitrogens is 3. The van der Waals surface area contributed by atoms with Crippen molar-refractivity contribution in [2.45, 2.75) is 25.1 Å². The Morgan fingerprint density at radius 2 is 2.10 bits per heavy atom. The molecular weight excluding hydrogens is 259 g/mol. The van der Waals surface area contributed by atoms with Crippen LogP contribution in [0.3, 0.4) is 0 Å². The molecule has 6 heteroatoms. The average molecular weight is 276 g/mol. The van der Waals surface area contributed by atoms with E-state index in [2.05, 4.69) is 15.2 Å². The summed E-state index contributed by atoms with van der Waals surface area (Å²) in [5.41, 5.74) is 2.02. The van der Waals surface area contributed by atoms with E-state index < -0.39 is 0 Å². The van der Waals surface area contributed by atoms with E-state index in [4.69, 9.17) is 0 Å². The number of β-amino-alcohol motifs (C(OH)–C–C–N with tert-alkyl or cyclic N) is 1. The fourth-order valence-corrected chi connectivity index (χ4v) is 2.75. The van der Waals surface area contributed by atoms with Crippen molar-refractivity contribution in [2.75, 3.05) is 6.54 Å². The van der Waals surface area contributed by atoms with Crippen LogP contribution in [0, 0.1) is 5.82 Å². The first kappa shape index (κ1) is 13.2. The standard InChI is InChI=1S/C14H17FN4O/c1-18-12(7-16-17-18)8-19-9-13(20)6-14(19)10-2-4-11(15)5-3-10/h2-5,7,13-14,20H,6,8-9H2,1H3/t13-,14-/m1/s1. The van der Waals surface area contributed by atoms with Gasteiger partial charge in [-0.05, 0) is 24.1 Å². The molecule has 1 N–H and O–H groups in total. The molecule has 106 valence electrons. The molecule has 0 amide bonds.